The highest BCUT2D eigenvalue weighted by molar-refractivity contribution is 5.29. The Morgan fingerprint density at radius 2 is 2.24 bits per heavy atom. The predicted molar refractivity (Wildman–Crippen MR) is 69.6 cm³/mol. The van der Waals surface area contributed by atoms with Crippen LogP contribution in [0.25, 0.3) is 0 Å². The molecule has 1 atom stereocenters. The Morgan fingerprint density at radius 3 is 2.88 bits per heavy atom. The fraction of sp³-hybridized carbons (Fsp3) is 0.571. The lowest BCUT2D eigenvalue weighted by molar-refractivity contribution is 0.452. The standard InChI is InChI=1S/C14H21N3/c1-3-12(5-6-16-4-2)7-13-8-14(9-15)11-17-10-13/h8,10-12,16H,3-7H2,1-2H3. The molecule has 1 unspecified atom stereocenters. The average molecular weight is 231 g/mol. The zero-order valence-electron chi connectivity index (χ0n) is 10.7. The molecule has 0 bridgehead atoms. The zero-order chi connectivity index (χ0) is 12.5. The second kappa shape index (κ2) is 7.81. The van der Waals surface area contributed by atoms with Gasteiger partial charge in [0.05, 0.1) is 5.56 Å². The molecule has 1 N–H and O–H groups in total. The Labute approximate surface area is 104 Å². The quantitative estimate of drug-likeness (QED) is 0.734. The van der Waals surface area contributed by atoms with E-state index >= 15 is 0 Å². The van der Waals surface area contributed by atoms with Crippen LogP contribution in [0.15, 0.2) is 18.5 Å². The lowest BCUT2D eigenvalue weighted by atomic mass is 9.94. The highest BCUT2D eigenvalue weighted by Crippen LogP contribution is 2.15. The average Bonchev–Trinajstić information content (AvgIpc) is 2.38. The van der Waals surface area contributed by atoms with Gasteiger partial charge in [-0.2, -0.15) is 5.26 Å². The van der Waals surface area contributed by atoms with E-state index in [2.05, 4.69) is 30.2 Å². The molecule has 0 amide bonds. The van der Waals surface area contributed by atoms with Crippen molar-refractivity contribution in [3.63, 3.8) is 0 Å². The molecule has 0 aliphatic carbocycles. The second-order valence-electron chi connectivity index (χ2n) is 4.31. The van der Waals surface area contributed by atoms with Crippen LogP contribution in [0.1, 0.15) is 37.8 Å². The minimum absolute atomic E-state index is 0.657. The van der Waals surface area contributed by atoms with Crippen molar-refractivity contribution in [2.45, 2.75) is 33.1 Å². The molecule has 0 aliphatic rings. The monoisotopic (exact) mass is 231 g/mol. The summed E-state index contributed by atoms with van der Waals surface area (Å²) in [6.45, 7) is 6.45. The summed E-state index contributed by atoms with van der Waals surface area (Å²) in [5.41, 5.74) is 1.83. The van der Waals surface area contributed by atoms with Gasteiger partial charge in [0.2, 0.25) is 0 Å². The van der Waals surface area contributed by atoms with Crippen LogP contribution in [0.3, 0.4) is 0 Å². The Morgan fingerprint density at radius 1 is 1.41 bits per heavy atom. The van der Waals surface area contributed by atoms with E-state index < -0.39 is 0 Å². The minimum Gasteiger partial charge on any atom is -0.317 e. The van der Waals surface area contributed by atoms with Gasteiger partial charge in [0.25, 0.3) is 0 Å². The molecule has 17 heavy (non-hydrogen) atoms. The molecule has 3 nitrogen and oxygen atoms in total. The first-order valence-corrected chi connectivity index (χ1v) is 6.34. The van der Waals surface area contributed by atoms with Crippen molar-refractivity contribution in [2.75, 3.05) is 13.1 Å². The largest absolute Gasteiger partial charge is 0.317 e. The van der Waals surface area contributed by atoms with E-state index in [1.165, 1.54) is 18.4 Å². The normalized spacial score (nSPS) is 12.1. The van der Waals surface area contributed by atoms with Crippen molar-refractivity contribution in [2.24, 2.45) is 5.92 Å². The first kappa shape index (κ1) is 13.7. The maximum absolute atomic E-state index is 8.83. The Balaban J connectivity index is 2.52. The van der Waals surface area contributed by atoms with Crippen LogP contribution >= 0.6 is 0 Å². The molecule has 0 saturated carbocycles. The summed E-state index contributed by atoms with van der Waals surface area (Å²) in [6, 6.07) is 4.08. The molecular weight excluding hydrogens is 210 g/mol. The predicted octanol–water partition coefficient (Wildman–Crippen LogP) is 2.52. The topological polar surface area (TPSA) is 48.7 Å². The van der Waals surface area contributed by atoms with Crippen molar-refractivity contribution in [3.8, 4) is 6.07 Å². The van der Waals surface area contributed by atoms with Crippen molar-refractivity contribution in [1.82, 2.24) is 10.3 Å². The summed E-state index contributed by atoms with van der Waals surface area (Å²) in [5.74, 6) is 0.671. The molecule has 0 fully saturated rings. The number of nitrogens with one attached hydrogen (secondary N) is 1. The minimum atomic E-state index is 0.657. The van der Waals surface area contributed by atoms with Crippen LogP contribution in [0.2, 0.25) is 0 Å². The summed E-state index contributed by atoms with van der Waals surface area (Å²) in [5, 5.41) is 12.2. The Bertz CT molecular complexity index is 368. The van der Waals surface area contributed by atoms with Gasteiger partial charge in [0.15, 0.2) is 0 Å². The van der Waals surface area contributed by atoms with E-state index in [9.17, 15) is 0 Å². The van der Waals surface area contributed by atoms with Gasteiger partial charge in [0, 0.05) is 12.4 Å². The SMILES string of the molecule is CCNCCC(CC)Cc1cncc(C#N)c1. The Kier molecular flexibility index (Phi) is 6.27. The molecule has 3 heteroatoms. The van der Waals surface area contributed by atoms with E-state index in [0.717, 1.165) is 19.5 Å². The number of rotatable bonds is 7. The molecular formula is C14H21N3. The van der Waals surface area contributed by atoms with E-state index in [4.69, 9.17) is 5.26 Å². The molecule has 1 aromatic heterocycles. The maximum atomic E-state index is 8.83. The van der Waals surface area contributed by atoms with E-state index in [0.29, 0.717) is 11.5 Å². The van der Waals surface area contributed by atoms with E-state index in [1.54, 1.807) is 6.20 Å². The summed E-state index contributed by atoms with van der Waals surface area (Å²) >= 11 is 0. The van der Waals surface area contributed by atoms with E-state index in [1.807, 2.05) is 12.3 Å². The van der Waals surface area contributed by atoms with Gasteiger partial charge in [-0.25, -0.2) is 0 Å². The number of pyridine rings is 1. The summed E-state index contributed by atoms with van der Waals surface area (Å²) in [7, 11) is 0. The summed E-state index contributed by atoms with van der Waals surface area (Å²) < 4.78 is 0. The zero-order valence-corrected chi connectivity index (χ0v) is 10.7. The lowest BCUT2D eigenvalue weighted by Gasteiger charge is -2.14. The number of hydrogen-bond donors (Lipinski definition) is 1. The van der Waals surface area contributed by atoms with Gasteiger partial charge in [0.1, 0.15) is 6.07 Å². The highest BCUT2D eigenvalue weighted by atomic mass is 14.8. The van der Waals surface area contributed by atoms with Gasteiger partial charge < -0.3 is 5.32 Å². The van der Waals surface area contributed by atoms with Gasteiger partial charge in [-0.15, -0.1) is 0 Å². The number of hydrogen-bond acceptors (Lipinski definition) is 3. The number of nitrogens with zero attached hydrogens (tertiary/aromatic N) is 2. The third kappa shape index (κ3) is 4.97. The van der Waals surface area contributed by atoms with Crippen molar-refractivity contribution >= 4 is 0 Å². The van der Waals surface area contributed by atoms with Crippen LogP contribution in [0, 0.1) is 17.2 Å². The number of aromatic nitrogens is 1. The smallest absolute Gasteiger partial charge is 0.101 e. The molecule has 0 saturated heterocycles. The summed E-state index contributed by atoms with van der Waals surface area (Å²) in [6.07, 6.45) is 6.85. The molecule has 0 aliphatic heterocycles. The van der Waals surface area contributed by atoms with Crippen LogP contribution < -0.4 is 5.32 Å². The van der Waals surface area contributed by atoms with Gasteiger partial charge in [-0.3, -0.25) is 4.98 Å². The molecule has 0 radical (unpaired) electrons. The van der Waals surface area contributed by atoms with Gasteiger partial charge in [-0.05, 0) is 43.5 Å². The molecule has 1 heterocycles. The van der Waals surface area contributed by atoms with Crippen LogP contribution in [-0.4, -0.2) is 18.1 Å². The molecule has 0 spiro atoms. The maximum Gasteiger partial charge on any atom is 0.101 e. The molecule has 92 valence electrons. The van der Waals surface area contributed by atoms with Crippen LogP contribution in [-0.2, 0) is 6.42 Å². The first-order chi connectivity index (χ1) is 8.30. The molecule has 0 aromatic carbocycles. The van der Waals surface area contributed by atoms with Gasteiger partial charge >= 0.3 is 0 Å². The van der Waals surface area contributed by atoms with Crippen molar-refractivity contribution in [1.29, 1.82) is 5.26 Å². The second-order valence-corrected chi connectivity index (χ2v) is 4.31. The Hall–Kier alpha value is -1.40. The third-order valence-corrected chi connectivity index (χ3v) is 3.01. The molecule has 1 rings (SSSR count). The van der Waals surface area contributed by atoms with Crippen LogP contribution in [0.5, 0.6) is 0 Å². The van der Waals surface area contributed by atoms with Crippen molar-refractivity contribution < 1.29 is 0 Å². The lowest BCUT2D eigenvalue weighted by Crippen LogP contribution is -2.18. The fourth-order valence-electron chi connectivity index (χ4n) is 1.93. The fourth-order valence-corrected chi connectivity index (χ4v) is 1.93. The number of nitriles is 1. The summed E-state index contributed by atoms with van der Waals surface area (Å²) in [4.78, 5) is 4.10. The highest BCUT2D eigenvalue weighted by Gasteiger charge is 2.08. The van der Waals surface area contributed by atoms with E-state index in [-0.39, 0.29) is 0 Å². The van der Waals surface area contributed by atoms with Crippen LogP contribution in [0.4, 0.5) is 0 Å². The third-order valence-electron chi connectivity index (χ3n) is 3.01. The molecule has 1 aromatic rings. The first-order valence-electron chi connectivity index (χ1n) is 6.34. The van der Waals surface area contributed by atoms with Crippen molar-refractivity contribution in [3.05, 3.63) is 29.6 Å². The van der Waals surface area contributed by atoms with Gasteiger partial charge in [-0.1, -0.05) is 20.3 Å².